The van der Waals surface area contributed by atoms with E-state index < -0.39 is 11.4 Å². The van der Waals surface area contributed by atoms with Crippen LogP contribution in [0.15, 0.2) is 30.5 Å². The first-order valence-electron chi connectivity index (χ1n) is 10.4. The van der Waals surface area contributed by atoms with Crippen molar-refractivity contribution in [3.8, 4) is 17.0 Å². The normalized spacial score (nSPS) is 11.2. The van der Waals surface area contributed by atoms with Crippen LogP contribution >= 0.6 is 0 Å². The van der Waals surface area contributed by atoms with Gasteiger partial charge < -0.3 is 20.1 Å². The lowest BCUT2D eigenvalue weighted by Gasteiger charge is -2.21. The molecule has 2 heterocycles. The van der Waals surface area contributed by atoms with Crippen LogP contribution in [0.1, 0.15) is 37.7 Å². The zero-order chi connectivity index (χ0) is 24.2. The third kappa shape index (κ3) is 5.11. The third-order valence-electron chi connectivity index (χ3n) is 5.09. The van der Waals surface area contributed by atoms with Crippen LogP contribution in [0.2, 0.25) is 0 Å². The van der Waals surface area contributed by atoms with E-state index in [4.69, 9.17) is 9.47 Å². The Morgan fingerprint density at radius 1 is 1.15 bits per heavy atom. The van der Waals surface area contributed by atoms with Crippen molar-refractivity contribution in [2.45, 2.75) is 27.2 Å². The highest BCUT2D eigenvalue weighted by atomic mass is 16.5. The summed E-state index contributed by atoms with van der Waals surface area (Å²) >= 11 is 0. The number of fused-ring (bicyclic) bond motifs is 1. The number of hydrogen-bond acceptors (Lipinski definition) is 7. The van der Waals surface area contributed by atoms with Gasteiger partial charge in [-0.2, -0.15) is 5.10 Å². The van der Waals surface area contributed by atoms with Gasteiger partial charge in [-0.05, 0) is 44.5 Å². The van der Waals surface area contributed by atoms with E-state index in [9.17, 15) is 14.4 Å². The molecule has 10 heteroatoms. The van der Waals surface area contributed by atoms with Gasteiger partial charge in [0.15, 0.2) is 5.69 Å². The predicted octanol–water partition coefficient (Wildman–Crippen LogP) is 2.91. The van der Waals surface area contributed by atoms with E-state index in [1.807, 2.05) is 12.1 Å². The van der Waals surface area contributed by atoms with Crippen molar-refractivity contribution in [3.63, 3.8) is 0 Å². The zero-order valence-electron chi connectivity index (χ0n) is 19.2. The van der Waals surface area contributed by atoms with Gasteiger partial charge >= 0.3 is 5.97 Å². The number of rotatable bonds is 8. The summed E-state index contributed by atoms with van der Waals surface area (Å²) in [6, 6.07) is 7.21. The summed E-state index contributed by atoms with van der Waals surface area (Å²) in [5.41, 5.74) is 1.90. The van der Waals surface area contributed by atoms with Gasteiger partial charge in [0.25, 0.3) is 5.91 Å². The molecule has 0 bridgehead atoms. The topological polar surface area (TPSA) is 135 Å². The number of aromatic nitrogens is 3. The first kappa shape index (κ1) is 23.7. The molecule has 174 valence electrons. The lowest BCUT2D eigenvalue weighted by molar-refractivity contribution is -0.155. The van der Waals surface area contributed by atoms with Crippen molar-refractivity contribution in [3.05, 3.63) is 36.2 Å². The predicted molar refractivity (Wildman–Crippen MR) is 123 cm³/mol. The molecule has 0 aliphatic rings. The molecule has 3 N–H and O–H groups in total. The highest BCUT2D eigenvalue weighted by molar-refractivity contribution is 6.05. The van der Waals surface area contributed by atoms with E-state index in [0.29, 0.717) is 27.8 Å². The highest BCUT2D eigenvalue weighted by Crippen LogP contribution is 2.31. The maximum absolute atomic E-state index is 12.7. The lowest BCUT2D eigenvalue weighted by atomic mass is 9.89. The third-order valence-corrected chi connectivity index (χ3v) is 5.09. The number of nitrogens with zero attached hydrogens (tertiary/aromatic N) is 2. The summed E-state index contributed by atoms with van der Waals surface area (Å²) in [7, 11) is 3.00. The summed E-state index contributed by atoms with van der Waals surface area (Å²) < 4.78 is 10.3. The van der Waals surface area contributed by atoms with Gasteiger partial charge in [-0.3, -0.25) is 19.5 Å². The molecule has 3 aromatic rings. The Morgan fingerprint density at radius 3 is 2.58 bits per heavy atom. The highest BCUT2D eigenvalue weighted by Gasteiger charge is 2.32. The van der Waals surface area contributed by atoms with Gasteiger partial charge in [0.05, 0.1) is 24.6 Å². The molecule has 0 aliphatic carbocycles. The summed E-state index contributed by atoms with van der Waals surface area (Å²) in [6.07, 6.45) is 1.55. The number of aromatic amines is 1. The molecule has 2 amide bonds. The van der Waals surface area contributed by atoms with Crippen LogP contribution in [0.5, 0.6) is 5.88 Å². The lowest BCUT2D eigenvalue weighted by Crippen LogP contribution is -2.31. The van der Waals surface area contributed by atoms with E-state index >= 15 is 0 Å². The molecule has 0 aliphatic heterocycles. The number of anilines is 1. The van der Waals surface area contributed by atoms with Gasteiger partial charge in [-0.25, -0.2) is 4.98 Å². The van der Waals surface area contributed by atoms with Crippen LogP contribution in [0.4, 0.5) is 5.69 Å². The van der Waals surface area contributed by atoms with Crippen LogP contribution in [-0.4, -0.2) is 53.7 Å². The van der Waals surface area contributed by atoms with Crippen LogP contribution in [0, 0.1) is 5.41 Å². The number of carbonyl (C=O) groups is 3. The second-order valence-electron chi connectivity index (χ2n) is 8.02. The maximum atomic E-state index is 12.7. The number of hydrogen-bond donors (Lipinski definition) is 3. The van der Waals surface area contributed by atoms with Crippen molar-refractivity contribution in [1.82, 2.24) is 20.5 Å². The van der Waals surface area contributed by atoms with Gasteiger partial charge in [0.1, 0.15) is 5.69 Å². The van der Waals surface area contributed by atoms with E-state index in [0.717, 1.165) is 5.56 Å². The first-order chi connectivity index (χ1) is 15.7. The fraction of sp³-hybridized carbons (Fsp3) is 0.348. The number of carbonyl (C=O) groups excluding carboxylic acids is 3. The zero-order valence-corrected chi connectivity index (χ0v) is 19.2. The molecule has 0 unspecified atom stereocenters. The average Bonchev–Trinajstić information content (AvgIpc) is 3.21. The number of ether oxygens (including phenoxy) is 2. The van der Waals surface area contributed by atoms with Gasteiger partial charge in [0, 0.05) is 30.6 Å². The fourth-order valence-electron chi connectivity index (χ4n) is 3.35. The molecule has 33 heavy (non-hydrogen) atoms. The number of benzene rings is 1. The Hall–Kier alpha value is -3.95. The minimum absolute atomic E-state index is 0.0679. The van der Waals surface area contributed by atoms with Crippen LogP contribution in [0.25, 0.3) is 22.0 Å². The smallest absolute Gasteiger partial charge is 0.312 e. The second kappa shape index (κ2) is 9.68. The van der Waals surface area contributed by atoms with Crippen molar-refractivity contribution in [2.24, 2.45) is 5.41 Å². The van der Waals surface area contributed by atoms with Gasteiger partial charge in [-0.1, -0.05) is 6.07 Å². The second-order valence-corrected chi connectivity index (χ2v) is 8.02. The Balaban J connectivity index is 1.87. The number of methoxy groups -OCH3 is 1. The van der Waals surface area contributed by atoms with Crippen molar-refractivity contribution < 1.29 is 23.9 Å². The molecular formula is C23H27N5O5. The maximum Gasteiger partial charge on any atom is 0.312 e. The molecule has 0 spiro atoms. The molecule has 0 fully saturated rings. The monoisotopic (exact) mass is 453 g/mol. The fourth-order valence-corrected chi connectivity index (χ4v) is 3.35. The number of nitrogens with one attached hydrogen (secondary N) is 3. The number of esters is 1. The quantitative estimate of drug-likeness (QED) is 0.446. The average molecular weight is 453 g/mol. The molecule has 0 saturated heterocycles. The molecule has 0 radical (unpaired) electrons. The van der Waals surface area contributed by atoms with Crippen molar-refractivity contribution >= 4 is 34.4 Å². The molecule has 3 rings (SSSR count). The van der Waals surface area contributed by atoms with Crippen molar-refractivity contribution in [2.75, 3.05) is 26.1 Å². The van der Waals surface area contributed by atoms with E-state index in [1.165, 1.54) is 7.11 Å². The SMILES string of the molecule is CCOC(=O)C(C)(C)CC(=O)Nc1cc(-c2ccc3c(C(=O)NC)n[nH]c3c2)cnc1OC. The van der Waals surface area contributed by atoms with Crippen LogP contribution in [0.3, 0.4) is 0 Å². The first-order valence-corrected chi connectivity index (χ1v) is 10.4. The van der Waals surface area contributed by atoms with Crippen LogP contribution < -0.4 is 15.4 Å². The Bertz CT molecular complexity index is 1200. The van der Waals surface area contributed by atoms with E-state index in [1.54, 1.807) is 46.1 Å². The Labute approximate surface area is 191 Å². The summed E-state index contributed by atoms with van der Waals surface area (Å²) in [5.74, 6) is -0.853. The van der Waals surface area contributed by atoms with E-state index in [2.05, 4.69) is 25.8 Å². The molecular weight excluding hydrogens is 426 g/mol. The standard InChI is InChI=1S/C23H27N5O5/c1-6-33-22(31)23(2,3)11-18(29)26-17-10-14(12-25-21(17)32-5)13-7-8-15-16(9-13)27-28-19(15)20(30)24-4/h7-10,12H,6,11H2,1-5H3,(H,24,30)(H,26,29)(H,27,28). The summed E-state index contributed by atoms with van der Waals surface area (Å²) in [5, 5.41) is 13.0. The van der Waals surface area contributed by atoms with Gasteiger partial charge in [-0.15, -0.1) is 0 Å². The minimum Gasteiger partial charge on any atom is -0.480 e. The molecule has 0 saturated carbocycles. The Kier molecular flexibility index (Phi) is 6.95. The Morgan fingerprint density at radius 2 is 1.91 bits per heavy atom. The summed E-state index contributed by atoms with van der Waals surface area (Å²) in [4.78, 5) is 41.0. The van der Waals surface area contributed by atoms with Gasteiger partial charge in [0.2, 0.25) is 11.8 Å². The largest absolute Gasteiger partial charge is 0.480 e. The number of pyridine rings is 1. The molecule has 2 aromatic heterocycles. The molecule has 0 atom stereocenters. The summed E-state index contributed by atoms with van der Waals surface area (Å²) in [6.45, 7) is 5.28. The minimum atomic E-state index is -0.980. The van der Waals surface area contributed by atoms with Crippen LogP contribution in [-0.2, 0) is 14.3 Å². The molecule has 10 nitrogen and oxygen atoms in total. The van der Waals surface area contributed by atoms with E-state index in [-0.39, 0.29) is 30.7 Å². The molecule has 1 aromatic carbocycles. The number of H-pyrrole nitrogens is 1. The van der Waals surface area contributed by atoms with Crippen molar-refractivity contribution in [1.29, 1.82) is 0 Å². The number of amides is 2.